The summed E-state index contributed by atoms with van der Waals surface area (Å²) in [5.41, 5.74) is 1.93. The molecule has 9 heteroatoms. The Morgan fingerprint density at radius 1 is 1.31 bits per heavy atom. The molecular weight excluding hydrogens is 390 g/mol. The predicted molar refractivity (Wildman–Crippen MR) is 105 cm³/mol. The van der Waals surface area contributed by atoms with Gasteiger partial charge in [-0.2, -0.15) is 4.31 Å². The third-order valence-corrected chi connectivity index (χ3v) is 7.99. The van der Waals surface area contributed by atoms with Crippen molar-refractivity contribution in [1.29, 1.82) is 0 Å². The quantitative estimate of drug-likeness (QED) is 0.788. The molecule has 0 radical (unpaired) electrons. The first-order valence-corrected chi connectivity index (χ1v) is 11.7. The number of aromatic nitrogens is 1. The summed E-state index contributed by atoms with van der Waals surface area (Å²) < 4.78 is 27.1. The Hall–Kier alpha value is -1.42. The zero-order valence-corrected chi connectivity index (χ0v) is 17.1. The van der Waals surface area contributed by atoms with Gasteiger partial charge in [-0.1, -0.05) is 17.7 Å². The molecular formula is C17H21N3O3S3. The molecule has 0 saturated carbocycles. The molecule has 140 valence electrons. The summed E-state index contributed by atoms with van der Waals surface area (Å²) in [5, 5.41) is 5.82. The van der Waals surface area contributed by atoms with Crippen LogP contribution in [-0.2, 0) is 21.2 Å². The number of thioether (sulfide) groups is 1. The molecule has 1 saturated heterocycles. The van der Waals surface area contributed by atoms with Crippen LogP contribution in [0.1, 0.15) is 16.3 Å². The number of hydrogen-bond acceptors (Lipinski definition) is 6. The normalized spacial score (nSPS) is 18.2. The maximum absolute atomic E-state index is 12.9. The Kier molecular flexibility index (Phi) is 6.01. The highest BCUT2D eigenvalue weighted by Crippen LogP contribution is 2.28. The molecule has 1 aromatic heterocycles. The number of sulfonamides is 1. The molecule has 0 aliphatic carbocycles. The van der Waals surface area contributed by atoms with Crippen LogP contribution in [0.5, 0.6) is 0 Å². The van der Waals surface area contributed by atoms with Crippen LogP contribution in [0.25, 0.3) is 0 Å². The van der Waals surface area contributed by atoms with E-state index in [9.17, 15) is 13.2 Å². The number of rotatable bonds is 6. The number of benzene rings is 1. The molecule has 1 aromatic carbocycles. The summed E-state index contributed by atoms with van der Waals surface area (Å²) in [5.74, 6) is 0.504. The SMILES string of the molecule is Cc1ccc(S(=O)(=O)N2CSC[C@@H]2C(=O)NCCc2csc(C)n2)cc1. The van der Waals surface area contributed by atoms with Crippen molar-refractivity contribution < 1.29 is 13.2 Å². The molecule has 6 nitrogen and oxygen atoms in total. The molecule has 0 bridgehead atoms. The van der Waals surface area contributed by atoms with E-state index in [1.165, 1.54) is 16.1 Å². The van der Waals surface area contributed by atoms with Gasteiger partial charge in [0.1, 0.15) is 6.04 Å². The molecule has 0 spiro atoms. The summed E-state index contributed by atoms with van der Waals surface area (Å²) in [4.78, 5) is 17.1. The summed E-state index contributed by atoms with van der Waals surface area (Å²) in [6, 6.07) is 6.03. The fourth-order valence-electron chi connectivity index (χ4n) is 2.67. The standard InChI is InChI=1S/C17H21N3O3S3/c1-12-3-5-15(6-4-12)26(22,23)20-11-24-10-16(20)17(21)18-8-7-14-9-25-13(2)19-14/h3-6,9,16H,7-8,10-11H2,1-2H3,(H,18,21)/t16-/m1/s1. The van der Waals surface area contributed by atoms with E-state index in [1.54, 1.807) is 35.6 Å². The first-order valence-electron chi connectivity index (χ1n) is 8.23. The lowest BCUT2D eigenvalue weighted by atomic mass is 10.2. The molecule has 1 amide bonds. The number of amides is 1. The van der Waals surface area contributed by atoms with Crippen molar-refractivity contribution in [2.75, 3.05) is 18.2 Å². The summed E-state index contributed by atoms with van der Waals surface area (Å²) in [6.45, 7) is 4.29. The lowest BCUT2D eigenvalue weighted by Crippen LogP contribution is -2.47. The van der Waals surface area contributed by atoms with Crippen LogP contribution in [0, 0.1) is 13.8 Å². The third-order valence-electron chi connectivity index (χ3n) is 4.12. The van der Waals surface area contributed by atoms with Crippen molar-refractivity contribution >= 4 is 39.0 Å². The van der Waals surface area contributed by atoms with Crippen LogP contribution in [0.2, 0.25) is 0 Å². The zero-order valence-electron chi connectivity index (χ0n) is 14.6. The number of nitrogens with zero attached hydrogens (tertiary/aromatic N) is 2. The lowest BCUT2D eigenvalue weighted by Gasteiger charge is -2.22. The molecule has 1 N–H and O–H groups in total. The van der Waals surface area contributed by atoms with Crippen LogP contribution >= 0.6 is 23.1 Å². The van der Waals surface area contributed by atoms with E-state index in [0.29, 0.717) is 24.6 Å². The molecule has 1 aliphatic heterocycles. The molecule has 1 aliphatic rings. The van der Waals surface area contributed by atoms with E-state index in [1.807, 2.05) is 19.2 Å². The van der Waals surface area contributed by atoms with Gasteiger partial charge >= 0.3 is 0 Å². The average molecular weight is 412 g/mol. The molecule has 0 unspecified atom stereocenters. The maximum atomic E-state index is 12.9. The molecule has 2 aromatic rings. The molecule has 2 heterocycles. The minimum Gasteiger partial charge on any atom is -0.354 e. The van der Waals surface area contributed by atoms with E-state index in [-0.39, 0.29) is 10.8 Å². The zero-order chi connectivity index (χ0) is 18.7. The smallest absolute Gasteiger partial charge is 0.244 e. The first kappa shape index (κ1) is 19.3. The van der Waals surface area contributed by atoms with Gasteiger partial charge in [0.05, 0.1) is 21.5 Å². The van der Waals surface area contributed by atoms with Crippen molar-refractivity contribution in [3.63, 3.8) is 0 Å². The topological polar surface area (TPSA) is 79.4 Å². The van der Waals surface area contributed by atoms with Crippen molar-refractivity contribution in [3.8, 4) is 0 Å². The molecule has 1 atom stereocenters. The number of carbonyl (C=O) groups is 1. The minimum atomic E-state index is -3.68. The van der Waals surface area contributed by atoms with Gasteiger partial charge in [-0.05, 0) is 26.0 Å². The summed E-state index contributed by atoms with van der Waals surface area (Å²) in [6.07, 6.45) is 0.640. The van der Waals surface area contributed by atoms with Crippen LogP contribution in [-0.4, -0.2) is 47.8 Å². The fourth-order valence-corrected chi connectivity index (χ4v) is 6.47. The maximum Gasteiger partial charge on any atom is 0.244 e. The Labute approximate surface area is 162 Å². The largest absolute Gasteiger partial charge is 0.354 e. The van der Waals surface area contributed by atoms with Crippen LogP contribution in [0.15, 0.2) is 34.5 Å². The van der Waals surface area contributed by atoms with E-state index in [4.69, 9.17) is 0 Å². The second-order valence-electron chi connectivity index (χ2n) is 6.12. The number of thiazole rings is 1. The van der Waals surface area contributed by atoms with Crippen molar-refractivity contribution in [2.24, 2.45) is 0 Å². The van der Waals surface area contributed by atoms with Gasteiger partial charge in [0.15, 0.2) is 0 Å². The van der Waals surface area contributed by atoms with E-state index in [2.05, 4.69) is 10.3 Å². The van der Waals surface area contributed by atoms with Crippen molar-refractivity contribution in [3.05, 3.63) is 45.9 Å². The van der Waals surface area contributed by atoms with Crippen LogP contribution in [0.4, 0.5) is 0 Å². The average Bonchev–Trinajstić information content (AvgIpc) is 3.24. The van der Waals surface area contributed by atoms with Crippen LogP contribution < -0.4 is 5.32 Å². The number of hydrogen-bond donors (Lipinski definition) is 1. The van der Waals surface area contributed by atoms with Gasteiger partial charge < -0.3 is 5.32 Å². The summed E-state index contributed by atoms with van der Waals surface area (Å²) in [7, 11) is -3.68. The highest BCUT2D eigenvalue weighted by molar-refractivity contribution is 8.00. The molecule has 1 fully saturated rings. The van der Waals surface area contributed by atoms with Crippen molar-refractivity contribution in [2.45, 2.75) is 31.2 Å². The first-order chi connectivity index (χ1) is 12.4. The summed E-state index contributed by atoms with van der Waals surface area (Å²) >= 11 is 3.03. The lowest BCUT2D eigenvalue weighted by molar-refractivity contribution is -0.123. The molecule has 3 rings (SSSR count). The van der Waals surface area contributed by atoms with Gasteiger partial charge in [0.2, 0.25) is 15.9 Å². The van der Waals surface area contributed by atoms with Gasteiger partial charge in [-0.15, -0.1) is 23.1 Å². The second-order valence-corrected chi connectivity index (χ2v) is 10.1. The van der Waals surface area contributed by atoms with Gasteiger partial charge in [0, 0.05) is 24.1 Å². The minimum absolute atomic E-state index is 0.223. The third kappa shape index (κ3) is 4.28. The Balaban J connectivity index is 1.65. The predicted octanol–water partition coefficient (Wildman–Crippen LogP) is 2.18. The van der Waals surface area contributed by atoms with E-state index in [0.717, 1.165) is 16.3 Å². The Morgan fingerprint density at radius 3 is 2.69 bits per heavy atom. The van der Waals surface area contributed by atoms with Gasteiger partial charge in [-0.3, -0.25) is 4.79 Å². The Bertz CT molecular complexity index is 878. The monoisotopic (exact) mass is 411 g/mol. The number of nitrogens with one attached hydrogen (secondary N) is 1. The van der Waals surface area contributed by atoms with Gasteiger partial charge in [-0.25, -0.2) is 13.4 Å². The molecule has 26 heavy (non-hydrogen) atoms. The van der Waals surface area contributed by atoms with E-state index >= 15 is 0 Å². The van der Waals surface area contributed by atoms with E-state index < -0.39 is 16.1 Å². The second kappa shape index (κ2) is 8.08. The van der Waals surface area contributed by atoms with Crippen LogP contribution in [0.3, 0.4) is 0 Å². The Morgan fingerprint density at radius 2 is 2.04 bits per heavy atom. The van der Waals surface area contributed by atoms with Crippen molar-refractivity contribution in [1.82, 2.24) is 14.6 Å². The number of aryl methyl sites for hydroxylation is 2. The van der Waals surface area contributed by atoms with Gasteiger partial charge in [0.25, 0.3) is 0 Å². The number of carbonyl (C=O) groups excluding carboxylic acids is 1. The highest BCUT2D eigenvalue weighted by atomic mass is 32.2. The fraction of sp³-hybridized carbons (Fsp3) is 0.412. The highest BCUT2D eigenvalue weighted by Gasteiger charge is 2.39.